The number of methoxy groups -OCH3 is 1. The molecule has 0 radical (unpaired) electrons. The maximum atomic E-state index is 11.6. The van der Waals surface area contributed by atoms with Crippen LogP contribution in [0.5, 0.6) is 5.75 Å². The lowest BCUT2D eigenvalue weighted by Gasteiger charge is -2.43. The predicted octanol–water partition coefficient (Wildman–Crippen LogP) is 1.93. The lowest BCUT2D eigenvalue weighted by Crippen LogP contribution is -2.60. The second-order valence-corrected chi connectivity index (χ2v) is 9.00. The summed E-state index contributed by atoms with van der Waals surface area (Å²) in [6.45, 7) is 2.09. The number of aliphatic hydroxyl groups excluding tert-OH is 2. The Bertz CT molecular complexity index is 1200. The van der Waals surface area contributed by atoms with Crippen LogP contribution in [-0.4, -0.2) is 74.6 Å². The van der Waals surface area contributed by atoms with E-state index in [9.17, 15) is 20.1 Å². The van der Waals surface area contributed by atoms with Gasteiger partial charge in [0.25, 0.3) is 0 Å². The SMILES string of the molecule is CCOc1ccc(Cc2cc(C3COC(O)(Cn4cc(C(=O)OC)nn4)C(O)C3O)ccc2Cl)cc1. The van der Waals surface area contributed by atoms with Crippen molar-refractivity contribution >= 4 is 17.6 Å². The van der Waals surface area contributed by atoms with Crippen molar-refractivity contribution in [1.82, 2.24) is 15.0 Å². The molecule has 1 aliphatic rings. The van der Waals surface area contributed by atoms with Crippen LogP contribution in [0.2, 0.25) is 5.02 Å². The number of ether oxygens (including phenoxy) is 3. The average molecular weight is 518 g/mol. The zero-order valence-corrected chi connectivity index (χ0v) is 20.6. The summed E-state index contributed by atoms with van der Waals surface area (Å²) >= 11 is 6.45. The standard InChI is InChI=1S/C25H28ClN3O7/c1-3-35-18-7-4-15(5-8-18)10-17-11-16(6-9-20(17)26)19-13-36-25(33,23(31)22(19)30)14-29-12-21(27-28-29)24(32)34-2/h4-9,11-12,19,22-23,30-31,33H,3,10,13-14H2,1-2H3. The number of aliphatic hydroxyl groups is 3. The van der Waals surface area contributed by atoms with Gasteiger partial charge in [0.2, 0.25) is 5.79 Å². The number of esters is 1. The van der Waals surface area contributed by atoms with Crippen LogP contribution < -0.4 is 4.74 Å². The minimum absolute atomic E-state index is 0.0638. The molecule has 4 atom stereocenters. The van der Waals surface area contributed by atoms with Crippen LogP contribution in [0.25, 0.3) is 0 Å². The fraction of sp³-hybridized carbons (Fsp3) is 0.400. The van der Waals surface area contributed by atoms with Crippen molar-refractivity contribution in [3.05, 3.63) is 76.1 Å². The van der Waals surface area contributed by atoms with Gasteiger partial charge >= 0.3 is 5.97 Å². The second-order valence-electron chi connectivity index (χ2n) is 8.60. The molecule has 0 aliphatic carbocycles. The van der Waals surface area contributed by atoms with Crippen molar-refractivity contribution in [3.63, 3.8) is 0 Å². The van der Waals surface area contributed by atoms with Crippen molar-refractivity contribution < 1.29 is 34.3 Å². The summed E-state index contributed by atoms with van der Waals surface area (Å²) < 4.78 is 16.8. The van der Waals surface area contributed by atoms with Crippen molar-refractivity contribution in [3.8, 4) is 5.75 Å². The summed E-state index contributed by atoms with van der Waals surface area (Å²) in [5, 5.41) is 40.6. The van der Waals surface area contributed by atoms with Crippen LogP contribution in [0.3, 0.4) is 0 Å². The molecule has 11 heteroatoms. The van der Waals surface area contributed by atoms with Gasteiger partial charge in [0.05, 0.1) is 39.2 Å². The van der Waals surface area contributed by atoms with Crippen LogP contribution in [0.4, 0.5) is 0 Å². The van der Waals surface area contributed by atoms with Crippen LogP contribution in [0, 0.1) is 0 Å². The first kappa shape index (κ1) is 26.1. The van der Waals surface area contributed by atoms with Gasteiger partial charge in [-0.05, 0) is 48.2 Å². The molecule has 2 aromatic carbocycles. The fourth-order valence-corrected chi connectivity index (χ4v) is 4.38. The van der Waals surface area contributed by atoms with Gasteiger partial charge in [-0.15, -0.1) is 5.10 Å². The highest BCUT2D eigenvalue weighted by molar-refractivity contribution is 6.31. The monoisotopic (exact) mass is 517 g/mol. The summed E-state index contributed by atoms with van der Waals surface area (Å²) in [7, 11) is 1.21. The highest BCUT2D eigenvalue weighted by Crippen LogP contribution is 2.36. The maximum absolute atomic E-state index is 11.6. The quantitative estimate of drug-likeness (QED) is 0.383. The van der Waals surface area contributed by atoms with Crippen LogP contribution in [0.15, 0.2) is 48.7 Å². The van der Waals surface area contributed by atoms with Gasteiger partial charge in [0.1, 0.15) is 11.9 Å². The molecule has 3 N–H and O–H groups in total. The van der Waals surface area contributed by atoms with Gasteiger partial charge < -0.3 is 29.5 Å². The smallest absolute Gasteiger partial charge is 0.360 e. The van der Waals surface area contributed by atoms with E-state index in [1.165, 1.54) is 13.3 Å². The van der Waals surface area contributed by atoms with Gasteiger partial charge in [-0.25, -0.2) is 9.48 Å². The topological polar surface area (TPSA) is 136 Å². The first-order valence-corrected chi connectivity index (χ1v) is 11.8. The van der Waals surface area contributed by atoms with Crippen LogP contribution in [-0.2, 0) is 22.4 Å². The molecule has 2 heterocycles. The lowest BCUT2D eigenvalue weighted by atomic mass is 9.84. The summed E-state index contributed by atoms with van der Waals surface area (Å²) in [4.78, 5) is 11.6. The highest BCUT2D eigenvalue weighted by atomic mass is 35.5. The molecule has 10 nitrogen and oxygen atoms in total. The number of carbonyl (C=O) groups excluding carboxylic acids is 1. The number of hydrogen-bond donors (Lipinski definition) is 3. The summed E-state index contributed by atoms with van der Waals surface area (Å²) in [5.41, 5.74) is 2.53. The van der Waals surface area contributed by atoms with Crippen LogP contribution >= 0.6 is 11.6 Å². The minimum atomic E-state index is -2.14. The Kier molecular flexibility index (Phi) is 7.91. The molecular weight excluding hydrogens is 490 g/mol. The predicted molar refractivity (Wildman–Crippen MR) is 129 cm³/mol. The molecule has 192 valence electrons. The number of halogens is 1. The first-order valence-electron chi connectivity index (χ1n) is 11.4. The number of rotatable bonds is 8. The second kappa shape index (κ2) is 10.9. The Morgan fingerprint density at radius 1 is 1.25 bits per heavy atom. The molecule has 3 aromatic rings. The molecule has 36 heavy (non-hydrogen) atoms. The van der Waals surface area contributed by atoms with E-state index in [1.54, 1.807) is 12.1 Å². The lowest BCUT2D eigenvalue weighted by molar-refractivity contribution is -0.311. The van der Waals surface area contributed by atoms with Gasteiger partial charge in [0, 0.05) is 10.9 Å². The molecule has 0 saturated carbocycles. The summed E-state index contributed by atoms with van der Waals surface area (Å²) in [5.74, 6) is -2.66. The Hall–Kier alpha value is -3.02. The Labute approximate surface area is 213 Å². The number of hydrogen-bond acceptors (Lipinski definition) is 9. The van der Waals surface area contributed by atoms with Gasteiger partial charge in [-0.3, -0.25) is 0 Å². The average Bonchev–Trinajstić information content (AvgIpc) is 3.33. The Balaban J connectivity index is 1.48. The number of nitrogens with zero attached hydrogens (tertiary/aromatic N) is 3. The first-order chi connectivity index (χ1) is 17.2. The van der Waals surface area contributed by atoms with Gasteiger partial charge in [0.15, 0.2) is 5.69 Å². The summed E-state index contributed by atoms with van der Waals surface area (Å²) in [6.07, 6.45) is -1.19. The third-order valence-electron chi connectivity index (χ3n) is 6.16. The van der Waals surface area contributed by atoms with Crippen molar-refractivity contribution in [2.45, 2.75) is 43.8 Å². The molecule has 1 saturated heterocycles. The zero-order valence-electron chi connectivity index (χ0n) is 19.9. The Morgan fingerprint density at radius 2 is 2.00 bits per heavy atom. The van der Waals surface area contributed by atoms with Crippen LogP contribution in [0.1, 0.15) is 40.0 Å². The van der Waals surface area contributed by atoms with Gasteiger partial charge in [-0.2, -0.15) is 0 Å². The molecular formula is C25H28ClN3O7. The van der Waals surface area contributed by atoms with E-state index in [0.717, 1.165) is 21.6 Å². The Morgan fingerprint density at radius 3 is 2.69 bits per heavy atom. The van der Waals surface area contributed by atoms with E-state index in [2.05, 4.69) is 15.0 Å². The molecule has 4 unspecified atom stereocenters. The molecule has 0 spiro atoms. The van der Waals surface area contributed by atoms with E-state index >= 15 is 0 Å². The molecule has 1 aromatic heterocycles. The largest absolute Gasteiger partial charge is 0.494 e. The van der Waals surface area contributed by atoms with Gasteiger partial charge in [-0.1, -0.05) is 41.1 Å². The van der Waals surface area contributed by atoms with Crippen molar-refractivity contribution in [2.75, 3.05) is 20.3 Å². The normalized spacial score (nSPS) is 23.9. The third kappa shape index (κ3) is 5.53. The van der Waals surface area contributed by atoms with Crippen molar-refractivity contribution in [2.24, 2.45) is 0 Å². The van der Waals surface area contributed by atoms with E-state index in [-0.39, 0.29) is 18.8 Å². The summed E-state index contributed by atoms with van der Waals surface area (Å²) in [6, 6.07) is 13.1. The van der Waals surface area contributed by atoms with E-state index in [4.69, 9.17) is 21.1 Å². The number of benzene rings is 2. The van der Waals surface area contributed by atoms with E-state index in [0.29, 0.717) is 23.6 Å². The number of aromatic nitrogens is 3. The molecule has 4 rings (SSSR count). The fourth-order valence-electron chi connectivity index (χ4n) is 4.19. The molecule has 1 aliphatic heterocycles. The van der Waals surface area contributed by atoms with E-state index in [1.807, 2.05) is 37.3 Å². The van der Waals surface area contributed by atoms with E-state index < -0.39 is 29.9 Å². The molecule has 0 amide bonds. The minimum Gasteiger partial charge on any atom is -0.494 e. The third-order valence-corrected chi connectivity index (χ3v) is 6.53. The molecule has 0 bridgehead atoms. The maximum Gasteiger partial charge on any atom is 0.360 e. The van der Waals surface area contributed by atoms with Crippen molar-refractivity contribution in [1.29, 1.82) is 0 Å². The molecule has 1 fully saturated rings. The zero-order chi connectivity index (χ0) is 25.9. The number of carbonyl (C=O) groups is 1. The highest BCUT2D eigenvalue weighted by Gasteiger charge is 2.49.